The van der Waals surface area contributed by atoms with Crippen LogP contribution in [0.2, 0.25) is 0 Å². The van der Waals surface area contributed by atoms with Crippen LogP contribution in [0.4, 0.5) is 0 Å². The molecule has 0 fully saturated rings. The number of fused-ring (bicyclic) bond motifs is 3. The molecule has 0 aliphatic heterocycles. The van der Waals surface area contributed by atoms with Crippen molar-refractivity contribution in [2.45, 2.75) is 0 Å². The lowest BCUT2D eigenvalue weighted by Crippen LogP contribution is -1.83. The summed E-state index contributed by atoms with van der Waals surface area (Å²) in [4.78, 5) is 4.42. The fraction of sp³-hybridized carbons (Fsp3) is 0. The van der Waals surface area contributed by atoms with E-state index in [4.69, 9.17) is 0 Å². The largest absolute Gasteiger partial charge is 0.256 e. The molecule has 4 aromatic rings. The summed E-state index contributed by atoms with van der Waals surface area (Å²) >= 11 is 0. The lowest BCUT2D eigenvalue weighted by Gasteiger charge is -2.06. The van der Waals surface area contributed by atoms with Crippen molar-refractivity contribution in [3.63, 3.8) is 0 Å². The van der Waals surface area contributed by atoms with Crippen LogP contribution >= 0.6 is 0 Å². The third-order valence-electron chi connectivity index (χ3n) is 3.71. The van der Waals surface area contributed by atoms with E-state index in [1.807, 2.05) is 24.4 Å². The summed E-state index contributed by atoms with van der Waals surface area (Å²) in [5, 5.41) is 5.14. The molecule has 0 N–H and O–H groups in total. The van der Waals surface area contributed by atoms with Gasteiger partial charge in [0, 0.05) is 11.8 Å². The second kappa shape index (κ2) is 4.46. The molecule has 20 heavy (non-hydrogen) atoms. The van der Waals surface area contributed by atoms with Crippen LogP contribution < -0.4 is 0 Å². The molecule has 0 saturated heterocycles. The minimum atomic E-state index is 1.02. The highest BCUT2D eigenvalue weighted by Crippen LogP contribution is 2.28. The first-order valence-electron chi connectivity index (χ1n) is 6.75. The van der Waals surface area contributed by atoms with Gasteiger partial charge in [0.2, 0.25) is 0 Å². The first-order valence-corrected chi connectivity index (χ1v) is 6.75. The maximum absolute atomic E-state index is 4.42. The summed E-state index contributed by atoms with van der Waals surface area (Å²) in [7, 11) is 0. The monoisotopic (exact) mass is 255 g/mol. The molecule has 0 atom stereocenters. The predicted molar refractivity (Wildman–Crippen MR) is 84.7 cm³/mol. The van der Waals surface area contributed by atoms with Gasteiger partial charge >= 0.3 is 0 Å². The highest BCUT2D eigenvalue weighted by molar-refractivity contribution is 6.08. The zero-order valence-electron chi connectivity index (χ0n) is 11.0. The highest BCUT2D eigenvalue weighted by atomic mass is 14.7. The highest BCUT2D eigenvalue weighted by Gasteiger charge is 2.03. The van der Waals surface area contributed by atoms with Crippen molar-refractivity contribution in [1.82, 2.24) is 4.98 Å². The van der Waals surface area contributed by atoms with Crippen LogP contribution in [0.25, 0.3) is 32.8 Å². The van der Waals surface area contributed by atoms with Gasteiger partial charge in [0.15, 0.2) is 0 Å². The Hall–Kier alpha value is -2.67. The average molecular weight is 255 g/mol. The number of benzene rings is 3. The molecule has 3 aromatic carbocycles. The molecule has 0 aliphatic carbocycles. The third kappa shape index (κ3) is 1.76. The van der Waals surface area contributed by atoms with Crippen molar-refractivity contribution in [3.8, 4) is 11.3 Å². The van der Waals surface area contributed by atoms with Crippen LogP contribution in [0.15, 0.2) is 79.0 Å². The van der Waals surface area contributed by atoms with Gasteiger partial charge in [-0.1, -0.05) is 54.6 Å². The summed E-state index contributed by atoms with van der Waals surface area (Å²) in [5.41, 5.74) is 2.18. The molecular weight excluding hydrogens is 242 g/mol. The van der Waals surface area contributed by atoms with Crippen molar-refractivity contribution in [2.24, 2.45) is 0 Å². The predicted octanol–water partition coefficient (Wildman–Crippen LogP) is 5.06. The Morgan fingerprint density at radius 1 is 0.600 bits per heavy atom. The van der Waals surface area contributed by atoms with Gasteiger partial charge in [-0.3, -0.25) is 4.98 Å². The Labute approximate surface area is 117 Å². The third-order valence-corrected chi connectivity index (χ3v) is 3.71. The summed E-state index contributed by atoms with van der Waals surface area (Å²) in [6.07, 6.45) is 1.83. The summed E-state index contributed by atoms with van der Waals surface area (Å²) < 4.78 is 0. The van der Waals surface area contributed by atoms with Crippen LogP contribution in [-0.2, 0) is 0 Å². The van der Waals surface area contributed by atoms with Gasteiger partial charge in [0.25, 0.3) is 0 Å². The van der Waals surface area contributed by atoms with E-state index in [1.54, 1.807) is 0 Å². The lowest BCUT2D eigenvalue weighted by molar-refractivity contribution is 1.33. The summed E-state index contributed by atoms with van der Waals surface area (Å²) in [6, 6.07) is 25.4. The van der Waals surface area contributed by atoms with Gasteiger partial charge in [-0.2, -0.15) is 0 Å². The molecule has 0 radical (unpaired) electrons. The van der Waals surface area contributed by atoms with E-state index in [2.05, 4.69) is 59.6 Å². The smallest absolute Gasteiger partial charge is 0.0702 e. The zero-order valence-corrected chi connectivity index (χ0v) is 11.0. The van der Waals surface area contributed by atoms with Gasteiger partial charge in [-0.25, -0.2) is 0 Å². The second-order valence-electron chi connectivity index (χ2n) is 4.94. The molecule has 0 saturated carbocycles. The number of rotatable bonds is 1. The summed E-state index contributed by atoms with van der Waals surface area (Å²) in [5.74, 6) is 0. The number of hydrogen-bond donors (Lipinski definition) is 0. The molecule has 0 spiro atoms. The molecule has 1 nitrogen and oxygen atoms in total. The van der Waals surface area contributed by atoms with E-state index < -0.39 is 0 Å². The van der Waals surface area contributed by atoms with E-state index in [1.165, 1.54) is 21.5 Å². The van der Waals surface area contributed by atoms with Crippen molar-refractivity contribution < 1.29 is 0 Å². The quantitative estimate of drug-likeness (QED) is 0.433. The molecule has 0 unspecified atom stereocenters. The van der Waals surface area contributed by atoms with Crippen molar-refractivity contribution in [1.29, 1.82) is 0 Å². The van der Waals surface area contributed by atoms with Gasteiger partial charge in [-0.15, -0.1) is 0 Å². The molecular formula is C19H13N. The second-order valence-corrected chi connectivity index (χ2v) is 4.94. The fourth-order valence-electron chi connectivity index (χ4n) is 2.71. The van der Waals surface area contributed by atoms with Gasteiger partial charge in [0.05, 0.1) is 5.69 Å². The van der Waals surface area contributed by atoms with Gasteiger partial charge < -0.3 is 0 Å². The Bertz CT molecular complexity index is 895. The first-order chi connectivity index (χ1) is 9.92. The molecule has 0 amide bonds. The normalized spacial score (nSPS) is 11.0. The van der Waals surface area contributed by atoms with E-state index in [-0.39, 0.29) is 0 Å². The van der Waals surface area contributed by atoms with Crippen molar-refractivity contribution >= 4 is 21.5 Å². The Morgan fingerprint density at radius 2 is 1.40 bits per heavy atom. The Kier molecular flexibility index (Phi) is 2.49. The fourth-order valence-corrected chi connectivity index (χ4v) is 2.71. The molecule has 1 aromatic heterocycles. The molecule has 94 valence electrons. The van der Waals surface area contributed by atoms with Gasteiger partial charge in [-0.05, 0) is 39.7 Å². The number of pyridine rings is 1. The van der Waals surface area contributed by atoms with Crippen LogP contribution in [0.5, 0.6) is 0 Å². The average Bonchev–Trinajstić information content (AvgIpc) is 2.55. The standard InChI is InChI=1S/C19H13N/c1-2-6-17-14(5-1)8-9-15-13-16(10-11-18(15)17)19-7-3-4-12-20-19/h1-13H. The van der Waals surface area contributed by atoms with E-state index >= 15 is 0 Å². The maximum atomic E-state index is 4.42. The van der Waals surface area contributed by atoms with Crippen LogP contribution in [0.3, 0.4) is 0 Å². The number of aromatic nitrogens is 1. The molecule has 0 bridgehead atoms. The molecule has 1 heteroatoms. The minimum Gasteiger partial charge on any atom is -0.256 e. The molecule has 1 heterocycles. The zero-order chi connectivity index (χ0) is 13.4. The first kappa shape index (κ1) is 11.2. The van der Waals surface area contributed by atoms with E-state index in [0.717, 1.165) is 11.3 Å². The topological polar surface area (TPSA) is 12.9 Å². The maximum Gasteiger partial charge on any atom is 0.0702 e. The van der Waals surface area contributed by atoms with Crippen LogP contribution in [-0.4, -0.2) is 4.98 Å². The summed E-state index contributed by atoms with van der Waals surface area (Å²) in [6.45, 7) is 0. The lowest BCUT2D eigenvalue weighted by atomic mass is 9.99. The number of hydrogen-bond acceptors (Lipinski definition) is 1. The van der Waals surface area contributed by atoms with E-state index in [0.29, 0.717) is 0 Å². The molecule has 4 rings (SSSR count). The number of nitrogens with zero attached hydrogens (tertiary/aromatic N) is 1. The van der Waals surface area contributed by atoms with Crippen LogP contribution in [0, 0.1) is 0 Å². The minimum absolute atomic E-state index is 1.02. The van der Waals surface area contributed by atoms with Crippen molar-refractivity contribution in [2.75, 3.05) is 0 Å². The van der Waals surface area contributed by atoms with Crippen molar-refractivity contribution in [3.05, 3.63) is 79.0 Å². The van der Waals surface area contributed by atoms with Gasteiger partial charge in [0.1, 0.15) is 0 Å². The van der Waals surface area contributed by atoms with E-state index in [9.17, 15) is 0 Å². The SMILES string of the molecule is c1ccc(-c2ccc3c(ccc4ccccc43)c2)nc1. The van der Waals surface area contributed by atoms with Crippen LogP contribution in [0.1, 0.15) is 0 Å². The Balaban J connectivity index is 1.99. The molecule has 0 aliphatic rings. The Morgan fingerprint density at radius 3 is 2.30 bits per heavy atom.